The van der Waals surface area contributed by atoms with Crippen molar-refractivity contribution in [2.45, 2.75) is 0 Å². The van der Waals surface area contributed by atoms with Gasteiger partial charge in [-0.25, -0.2) is 4.98 Å². The van der Waals surface area contributed by atoms with Crippen molar-refractivity contribution in [1.82, 2.24) is 4.98 Å². The van der Waals surface area contributed by atoms with Gasteiger partial charge in [-0.15, -0.1) is 0 Å². The molecule has 2 rings (SSSR count). The van der Waals surface area contributed by atoms with E-state index in [-0.39, 0.29) is 15.9 Å². The maximum absolute atomic E-state index is 12.0. The highest BCUT2D eigenvalue weighted by Gasteiger charge is 2.14. The molecule has 19 heavy (non-hydrogen) atoms. The summed E-state index contributed by atoms with van der Waals surface area (Å²) in [7, 11) is 0. The van der Waals surface area contributed by atoms with Gasteiger partial charge in [-0.1, -0.05) is 35.3 Å². The summed E-state index contributed by atoms with van der Waals surface area (Å²) in [5, 5.41) is 11.9. The van der Waals surface area contributed by atoms with Crippen molar-refractivity contribution in [2.75, 3.05) is 5.32 Å². The van der Waals surface area contributed by atoms with Crippen LogP contribution < -0.4 is 5.32 Å². The Labute approximate surface area is 119 Å². The van der Waals surface area contributed by atoms with E-state index in [0.717, 1.165) is 0 Å². The van der Waals surface area contributed by atoms with E-state index in [1.54, 1.807) is 24.3 Å². The second kappa shape index (κ2) is 5.70. The first kappa shape index (κ1) is 13.3. The molecule has 0 saturated heterocycles. The molecule has 0 unspecified atom stereocenters. The molecule has 1 aromatic heterocycles. The Hall–Kier alpha value is -2.09. The van der Waals surface area contributed by atoms with E-state index in [4.69, 9.17) is 28.5 Å². The first-order valence-corrected chi connectivity index (χ1v) is 6.00. The Kier molecular flexibility index (Phi) is 4.00. The number of pyridine rings is 1. The lowest BCUT2D eigenvalue weighted by atomic mass is 10.2. The Bertz CT molecular complexity index is 680. The van der Waals surface area contributed by atoms with Crippen LogP contribution in [-0.4, -0.2) is 10.9 Å². The number of hydrogen-bond donors (Lipinski definition) is 1. The minimum Gasteiger partial charge on any atom is -0.319 e. The van der Waals surface area contributed by atoms with Crippen molar-refractivity contribution in [2.24, 2.45) is 0 Å². The van der Waals surface area contributed by atoms with E-state index in [9.17, 15) is 4.79 Å². The molecule has 1 N–H and O–H groups in total. The van der Waals surface area contributed by atoms with E-state index in [2.05, 4.69) is 10.3 Å². The van der Waals surface area contributed by atoms with Gasteiger partial charge in [-0.05, 0) is 24.3 Å². The van der Waals surface area contributed by atoms with Crippen molar-refractivity contribution in [3.05, 3.63) is 57.8 Å². The Morgan fingerprint density at radius 2 is 1.95 bits per heavy atom. The lowest BCUT2D eigenvalue weighted by molar-refractivity contribution is 0.102. The van der Waals surface area contributed by atoms with Gasteiger partial charge in [0.25, 0.3) is 5.91 Å². The molecule has 0 spiro atoms. The van der Waals surface area contributed by atoms with Gasteiger partial charge in [-0.2, -0.15) is 5.26 Å². The highest BCUT2D eigenvalue weighted by Crippen LogP contribution is 2.20. The van der Waals surface area contributed by atoms with E-state index >= 15 is 0 Å². The third-order valence-electron chi connectivity index (χ3n) is 2.32. The minimum atomic E-state index is -0.518. The third-order valence-corrected chi connectivity index (χ3v) is 2.84. The number of hydrogen-bond acceptors (Lipinski definition) is 3. The van der Waals surface area contributed by atoms with Gasteiger partial charge in [0, 0.05) is 0 Å². The summed E-state index contributed by atoms with van der Waals surface area (Å²) < 4.78 is 0. The number of benzene rings is 1. The number of anilines is 1. The largest absolute Gasteiger partial charge is 0.319 e. The van der Waals surface area contributed by atoms with Gasteiger partial charge in [0.05, 0.1) is 16.3 Å². The number of nitrogens with zero attached hydrogens (tertiary/aromatic N) is 2. The van der Waals surface area contributed by atoms with Gasteiger partial charge in [0.2, 0.25) is 0 Å². The summed E-state index contributed by atoms with van der Waals surface area (Å²) in [5.74, 6) is -0.518. The van der Waals surface area contributed by atoms with Crippen LogP contribution in [0, 0.1) is 11.3 Å². The standard InChI is InChI=1S/C13H7Cl2N3O/c14-9-5-6-11(15)18-12(9)13(19)17-10-4-2-1-3-8(10)7-16/h1-6H,(H,17,19). The van der Waals surface area contributed by atoms with Crippen LogP contribution in [0.4, 0.5) is 5.69 Å². The average molecular weight is 292 g/mol. The van der Waals surface area contributed by atoms with Crippen LogP contribution in [0.2, 0.25) is 10.2 Å². The zero-order chi connectivity index (χ0) is 13.8. The fraction of sp³-hybridized carbons (Fsp3) is 0. The second-order valence-corrected chi connectivity index (χ2v) is 4.37. The quantitative estimate of drug-likeness (QED) is 0.861. The smallest absolute Gasteiger partial charge is 0.275 e. The normalized spacial score (nSPS) is 9.74. The van der Waals surface area contributed by atoms with Gasteiger partial charge in [-0.3, -0.25) is 4.79 Å². The first-order chi connectivity index (χ1) is 9.11. The first-order valence-electron chi connectivity index (χ1n) is 5.24. The Morgan fingerprint density at radius 1 is 1.21 bits per heavy atom. The molecular formula is C13H7Cl2N3O. The number of nitriles is 1. The number of rotatable bonds is 2. The van der Waals surface area contributed by atoms with Crippen molar-refractivity contribution in [3.63, 3.8) is 0 Å². The molecular weight excluding hydrogens is 285 g/mol. The highest BCUT2D eigenvalue weighted by molar-refractivity contribution is 6.35. The van der Waals surface area contributed by atoms with Gasteiger partial charge in [0.15, 0.2) is 0 Å². The molecule has 0 fully saturated rings. The van der Waals surface area contributed by atoms with Gasteiger partial charge < -0.3 is 5.32 Å². The molecule has 0 saturated carbocycles. The molecule has 0 radical (unpaired) electrons. The zero-order valence-corrected chi connectivity index (χ0v) is 11.0. The van der Waals surface area contributed by atoms with E-state index in [0.29, 0.717) is 11.3 Å². The molecule has 94 valence electrons. The number of carbonyl (C=O) groups is 1. The Balaban J connectivity index is 2.31. The summed E-state index contributed by atoms with van der Waals surface area (Å²) in [6, 6.07) is 11.6. The molecule has 0 aliphatic heterocycles. The van der Waals surface area contributed by atoms with Crippen molar-refractivity contribution >= 4 is 34.8 Å². The molecule has 1 aromatic carbocycles. The monoisotopic (exact) mass is 291 g/mol. The summed E-state index contributed by atoms with van der Waals surface area (Å²) in [5.41, 5.74) is 0.767. The van der Waals surface area contributed by atoms with Crippen molar-refractivity contribution in [3.8, 4) is 6.07 Å². The molecule has 0 bridgehead atoms. The zero-order valence-electron chi connectivity index (χ0n) is 9.52. The molecule has 0 aliphatic rings. The SMILES string of the molecule is N#Cc1ccccc1NC(=O)c1nc(Cl)ccc1Cl. The topological polar surface area (TPSA) is 65.8 Å². The van der Waals surface area contributed by atoms with E-state index in [1.165, 1.54) is 12.1 Å². The Morgan fingerprint density at radius 3 is 2.68 bits per heavy atom. The molecule has 1 amide bonds. The number of amides is 1. The van der Waals surface area contributed by atoms with Crippen LogP contribution in [0.1, 0.15) is 16.1 Å². The fourth-order valence-electron chi connectivity index (χ4n) is 1.45. The van der Waals surface area contributed by atoms with Crippen LogP contribution in [0.25, 0.3) is 0 Å². The van der Waals surface area contributed by atoms with Crippen LogP contribution in [0.15, 0.2) is 36.4 Å². The van der Waals surface area contributed by atoms with Crippen LogP contribution in [0.3, 0.4) is 0 Å². The third kappa shape index (κ3) is 3.02. The lowest BCUT2D eigenvalue weighted by Crippen LogP contribution is -2.15. The predicted molar refractivity (Wildman–Crippen MR) is 73.4 cm³/mol. The number of halogens is 2. The predicted octanol–water partition coefficient (Wildman–Crippen LogP) is 3.51. The number of aromatic nitrogens is 1. The van der Waals surface area contributed by atoms with Crippen LogP contribution in [0.5, 0.6) is 0 Å². The summed E-state index contributed by atoms with van der Waals surface area (Å²) in [4.78, 5) is 15.9. The van der Waals surface area contributed by atoms with E-state index in [1.807, 2.05) is 6.07 Å². The number of para-hydroxylation sites is 1. The molecule has 6 heteroatoms. The molecule has 1 heterocycles. The van der Waals surface area contributed by atoms with E-state index < -0.39 is 5.91 Å². The minimum absolute atomic E-state index is 0.0157. The molecule has 4 nitrogen and oxygen atoms in total. The second-order valence-electron chi connectivity index (χ2n) is 3.58. The highest BCUT2D eigenvalue weighted by atomic mass is 35.5. The average Bonchev–Trinajstić information content (AvgIpc) is 2.42. The summed E-state index contributed by atoms with van der Waals surface area (Å²) >= 11 is 11.6. The van der Waals surface area contributed by atoms with Crippen LogP contribution >= 0.6 is 23.2 Å². The number of carbonyl (C=O) groups excluding carboxylic acids is 1. The van der Waals surface area contributed by atoms with Crippen LogP contribution in [-0.2, 0) is 0 Å². The fourth-order valence-corrected chi connectivity index (χ4v) is 1.79. The molecule has 0 atom stereocenters. The van der Waals surface area contributed by atoms with Gasteiger partial charge >= 0.3 is 0 Å². The van der Waals surface area contributed by atoms with Crippen molar-refractivity contribution < 1.29 is 4.79 Å². The lowest BCUT2D eigenvalue weighted by Gasteiger charge is -2.07. The van der Waals surface area contributed by atoms with Gasteiger partial charge in [0.1, 0.15) is 16.9 Å². The molecule has 2 aromatic rings. The molecule has 0 aliphatic carbocycles. The van der Waals surface area contributed by atoms with Crippen molar-refractivity contribution in [1.29, 1.82) is 5.26 Å². The maximum Gasteiger partial charge on any atom is 0.275 e. The maximum atomic E-state index is 12.0. The summed E-state index contributed by atoms with van der Waals surface area (Å²) in [6.45, 7) is 0. The number of nitrogens with one attached hydrogen (secondary N) is 1. The summed E-state index contributed by atoms with van der Waals surface area (Å²) in [6.07, 6.45) is 0.